The molecule has 156 valence electrons. The van der Waals surface area contributed by atoms with Gasteiger partial charge in [-0.15, -0.1) is 0 Å². The third kappa shape index (κ3) is 12.1. The molecule has 0 atom stereocenters. The van der Waals surface area contributed by atoms with E-state index >= 15 is 0 Å². The normalized spacial score (nSPS) is 12.6. The molecule has 0 aliphatic carbocycles. The predicted octanol–water partition coefficient (Wildman–Crippen LogP) is 7.32. The van der Waals surface area contributed by atoms with E-state index in [9.17, 15) is 0 Å². The van der Waals surface area contributed by atoms with Crippen LogP contribution in [0, 0.1) is 10.8 Å². The van der Waals surface area contributed by atoms with Crippen molar-refractivity contribution in [2.45, 2.75) is 93.0 Å². The lowest BCUT2D eigenvalue weighted by Gasteiger charge is -2.22. The fourth-order valence-corrected chi connectivity index (χ4v) is 3.07. The Kier molecular flexibility index (Phi) is 10.4. The SMILES string of the molecule is CCC(C)(C)CCCCCCCN(C)Cc1ccc(OCC(C)(C)C)cc1. The van der Waals surface area contributed by atoms with Crippen molar-refractivity contribution in [3.05, 3.63) is 29.8 Å². The van der Waals surface area contributed by atoms with Gasteiger partial charge in [-0.25, -0.2) is 0 Å². The Morgan fingerprint density at radius 1 is 0.852 bits per heavy atom. The number of nitrogens with zero attached hydrogens (tertiary/aromatic N) is 1. The molecule has 0 bridgehead atoms. The molecule has 0 amide bonds. The Morgan fingerprint density at radius 3 is 2.04 bits per heavy atom. The van der Waals surface area contributed by atoms with Crippen molar-refractivity contribution in [1.82, 2.24) is 4.90 Å². The zero-order valence-corrected chi connectivity index (χ0v) is 19.2. The molecule has 0 aromatic heterocycles. The van der Waals surface area contributed by atoms with Crippen LogP contribution in [0.5, 0.6) is 5.75 Å². The summed E-state index contributed by atoms with van der Waals surface area (Å²) in [5, 5.41) is 0. The molecule has 0 heterocycles. The summed E-state index contributed by atoms with van der Waals surface area (Å²) in [5.74, 6) is 0.975. The van der Waals surface area contributed by atoms with Gasteiger partial charge in [-0.1, -0.05) is 85.8 Å². The average molecular weight is 376 g/mol. The fraction of sp³-hybridized carbons (Fsp3) is 0.760. The first-order valence-corrected chi connectivity index (χ1v) is 11.0. The maximum absolute atomic E-state index is 5.86. The molecule has 27 heavy (non-hydrogen) atoms. The zero-order chi connectivity index (χ0) is 20.3. The minimum atomic E-state index is 0.199. The molecule has 0 fully saturated rings. The van der Waals surface area contributed by atoms with Gasteiger partial charge in [0, 0.05) is 6.54 Å². The lowest BCUT2D eigenvalue weighted by Crippen LogP contribution is -2.19. The Bertz CT molecular complexity index is 498. The van der Waals surface area contributed by atoms with Gasteiger partial charge in [0.25, 0.3) is 0 Å². The summed E-state index contributed by atoms with van der Waals surface area (Å²) in [4.78, 5) is 2.44. The van der Waals surface area contributed by atoms with E-state index in [1.807, 2.05) is 0 Å². The van der Waals surface area contributed by atoms with Crippen LogP contribution in [0.2, 0.25) is 0 Å². The standard InChI is InChI=1S/C25H45NO/c1-8-25(5,6)18-12-10-9-11-13-19-26(7)20-22-14-16-23(17-15-22)27-21-24(2,3)4/h14-17H,8-13,18-21H2,1-7H3. The van der Waals surface area contributed by atoms with Crippen molar-refractivity contribution in [3.63, 3.8) is 0 Å². The monoisotopic (exact) mass is 375 g/mol. The Morgan fingerprint density at radius 2 is 1.44 bits per heavy atom. The second-order valence-corrected chi connectivity index (χ2v) is 10.3. The summed E-state index contributed by atoms with van der Waals surface area (Å²) in [7, 11) is 2.23. The Labute approximate surface area is 169 Å². The smallest absolute Gasteiger partial charge is 0.119 e. The number of ether oxygens (including phenoxy) is 1. The summed E-state index contributed by atoms with van der Waals surface area (Å²) < 4.78 is 5.86. The van der Waals surface area contributed by atoms with Crippen LogP contribution < -0.4 is 4.74 Å². The molecule has 0 unspecified atom stereocenters. The van der Waals surface area contributed by atoms with Crippen LogP contribution in [0.15, 0.2) is 24.3 Å². The van der Waals surface area contributed by atoms with Gasteiger partial charge >= 0.3 is 0 Å². The minimum absolute atomic E-state index is 0.199. The topological polar surface area (TPSA) is 12.5 Å². The highest BCUT2D eigenvalue weighted by Crippen LogP contribution is 2.27. The van der Waals surface area contributed by atoms with Crippen LogP contribution in [0.3, 0.4) is 0 Å². The fourth-order valence-electron chi connectivity index (χ4n) is 3.07. The molecule has 0 spiro atoms. The van der Waals surface area contributed by atoms with Crippen LogP contribution in [-0.4, -0.2) is 25.1 Å². The van der Waals surface area contributed by atoms with Gasteiger partial charge < -0.3 is 9.64 Å². The van der Waals surface area contributed by atoms with Gasteiger partial charge in [-0.3, -0.25) is 0 Å². The van der Waals surface area contributed by atoms with Crippen LogP contribution in [0.4, 0.5) is 0 Å². The molecular formula is C25H45NO. The van der Waals surface area contributed by atoms with Crippen LogP contribution in [0.1, 0.15) is 92.1 Å². The number of unbranched alkanes of at least 4 members (excludes halogenated alkanes) is 4. The van der Waals surface area contributed by atoms with E-state index in [4.69, 9.17) is 4.74 Å². The van der Waals surface area contributed by atoms with Gasteiger partial charge in [0.1, 0.15) is 5.75 Å². The maximum Gasteiger partial charge on any atom is 0.119 e. The second-order valence-electron chi connectivity index (χ2n) is 10.3. The Hall–Kier alpha value is -1.02. The number of hydrogen-bond donors (Lipinski definition) is 0. The summed E-state index contributed by atoms with van der Waals surface area (Å²) in [6, 6.07) is 8.60. The Balaban J connectivity index is 2.15. The molecule has 0 radical (unpaired) electrons. The molecule has 0 aliphatic heterocycles. The van der Waals surface area contributed by atoms with E-state index in [2.05, 4.69) is 77.8 Å². The second kappa shape index (κ2) is 11.7. The molecule has 1 aromatic carbocycles. The number of hydrogen-bond acceptors (Lipinski definition) is 2. The van der Waals surface area contributed by atoms with Gasteiger partial charge in [0.2, 0.25) is 0 Å². The first kappa shape index (κ1) is 24.0. The van der Waals surface area contributed by atoms with Crippen LogP contribution in [-0.2, 0) is 6.54 Å². The van der Waals surface area contributed by atoms with Crippen molar-refractivity contribution in [2.75, 3.05) is 20.2 Å². The summed E-state index contributed by atoms with van der Waals surface area (Å²) in [6.07, 6.45) is 9.49. The van der Waals surface area contributed by atoms with E-state index in [1.165, 1.54) is 57.1 Å². The van der Waals surface area contributed by atoms with Gasteiger partial charge in [-0.05, 0) is 55.0 Å². The number of benzene rings is 1. The summed E-state index contributed by atoms with van der Waals surface area (Å²) >= 11 is 0. The highest BCUT2D eigenvalue weighted by Gasteiger charge is 2.13. The van der Waals surface area contributed by atoms with Crippen LogP contribution >= 0.6 is 0 Å². The zero-order valence-electron chi connectivity index (χ0n) is 19.2. The molecule has 0 N–H and O–H groups in total. The molecule has 2 nitrogen and oxygen atoms in total. The maximum atomic E-state index is 5.86. The lowest BCUT2D eigenvalue weighted by molar-refractivity contribution is 0.198. The van der Waals surface area contributed by atoms with Crippen molar-refractivity contribution in [2.24, 2.45) is 10.8 Å². The average Bonchev–Trinajstić information content (AvgIpc) is 2.59. The third-order valence-corrected chi connectivity index (χ3v) is 5.40. The van der Waals surface area contributed by atoms with Gasteiger partial charge in [0.05, 0.1) is 6.61 Å². The predicted molar refractivity (Wildman–Crippen MR) is 120 cm³/mol. The van der Waals surface area contributed by atoms with E-state index < -0.39 is 0 Å². The molecule has 0 saturated heterocycles. The molecule has 0 saturated carbocycles. The molecule has 1 rings (SSSR count). The number of rotatable bonds is 13. The van der Waals surface area contributed by atoms with Crippen molar-refractivity contribution in [3.8, 4) is 5.75 Å². The van der Waals surface area contributed by atoms with E-state index in [-0.39, 0.29) is 5.41 Å². The van der Waals surface area contributed by atoms with E-state index in [1.54, 1.807) is 0 Å². The minimum Gasteiger partial charge on any atom is -0.493 e. The van der Waals surface area contributed by atoms with Gasteiger partial charge in [0.15, 0.2) is 0 Å². The van der Waals surface area contributed by atoms with Crippen molar-refractivity contribution >= 4 is 0 Å². The van der Waals surface area contributed by atoms with E-state index in [0.29, 0.717) is 5.41 Å². The lowest BCUT2D eigenvalue weighted by atomic mass is 9.84. The molecule has 2 heteroatoms. The first-order valence-electron chi connectivity index (χ1n) is 11.0. The quantitative estimate of drug-likeness (QED) is 0.335. The molecular weight excluding hydrogens is 330 g/mol. The van der Waals surface area contributed by atoms with E-state index in [0.717, 1.165) is 18.9 Å². The van der Waals surface area contributed by atoms with Crippen molar-refractivity contribution < 1.29 is 4.74 Å². The highest BCUT2D eigenvalue weighted by atomic mass is 16.5. The summed E-state index contributed by atoms with van der Waals surface area (Å²) in [5.41, 5.74) is 2.10. The first-order chi connectivity index (χ1) is 12.6. The molecule has 1 aromatic rings. The largest absolute Gasteiger partial charge is 0.493 e. The highest BCUT2D eigenvalue weighted by molar-refractivity contribution is 5.27. The van der Waals surface area contributed by atoms with Crippen molar-refractivity contribution in [1.29, 1.82) is 0 Å². The van der Waals surface area contributed by atoms with Crippen LogP contribution in [0.25, 0.3) is 0 Å². The molecule has 0 aliphatic rings. The van der Waals surface area contributed by atoms with Gasteiger partial charge in [-0.2, -0.15) is 0 Å². The summed E-state index contributed by atoms with van der Waals surface area (Å²) in [6.45, 7) is 16.6. The third-order valence-electron chi connectivity index (χ3n) is 5.40.